The van der Waals surface area contributed by atoms with Crippen LogP contribution in [0.4, 0.5) is 10.1 Å². The maximum Gasteiger partial charge on any atom is 0.282 e. The molecule has 0 aliphatic heterocycles. The maximum absolute atomic E-state index is 13.3. The smallest absolute Gasteiger partial charge is 0.282 e. The van der Waals surface area contributed by atoms with Gasteiger partial charge in [-0.3, -0.25) is 14.2 Å². The molecule has 0 fully saturated rings. The van der Waals surface area contributed by atoms with Crippen LogP contribution < -0.4 is 10.9 Å². The summed E-state index contributed by atoms with van der Waals surface area (Å²) in [4.78, 5) is 38.1. The van der Waals surface area contributed by atoms with Gasteiger partial charge in [0.15, 0.2) is 16.3 Å². The van der Waals surface area contributed by atoms with Crippen LogP contribution in [0.3, 0.4) is 0 Å². The molecule has 2 heterocycles. The molecule has 0 bridgehead atoms. The third-order valence-electron chi connectivity index (χ3n) is 4.45. The molecule has 0 saturated heterocycles. The lowest BCUT2D eigenvalue weighted by Gasteiger charge is -2.13. The molecule has 1 amide bonds. The standard InChI is InChI=1S/C22H18FN5O2S/c1-14-3-2-4-17(11-14)26-18(29)13-31-22-27-20-19(24-9-10-25-20)21(30)28(22)12-15-5-7-16(23)8-6-15/h2-11H,12-13H2,1H3,(H,26,29). The molecule has 0 radical (unpaired) electrons. The number of benzene rings is 2. The molecule has 7 nitrogen and oxygen atoms in total. The third kappa shape index (κ3) is 4.95. The lowest BCUT2D eigenvalue weighted by Crippen LogP contribution is -2.25. The summed E-state index contributed by atoms with van der Waals surface area (Å²) >= 11 is 1.13. The van der Waals surface area contributed by atoms with Crippen molar-refractivity contribution in [2.45, 2.75) is 18.6 Å². The zero-order valence-corrected chi connectivity index (χ0v) is 17.4. The molecule has 2 aromatic carbocycles. The minimum absolute atomic E-state index is 0.0512. The number of nitrogens with zero attached hydrogens (tertiary/aromatic N) is 4. The van der Waals surface area contributed by atoms with E-state index in [2.05, 4.69) is 20.3 Å². The maximum atomic E-state index is 13.3. The van der Waals surface area contributed by atoms with Crippen LogP contribution in [0.5, 0.6) is 0 Å². The van der Waals surface area contributed by atoms with E-state index in [1.54, 1.807) is 12.1 Å². The van der Waals surface area contributed by atoms with E-state index in [4.69, 9.17) is 0 Å². The van der Waals surface area contributed by atoms with Crippen molar-refractivity contribution in [1.82, 2.24) is 19.5 Å². The minimum Gasteiger partial charge on any atom is -0.325 e. The van der Waals surface area contributed by atoms with Crippen LogP contribution in [0, 0.1) is 12.7 Å². The highest BCUT2D eigenvalue weighted by Crippen LogP contribution is 2.19. The van der Waals surface area contributed by atoms with Crippen LogP contribution in [-0.4, -0.2) is 31.2 Å². The first-order valence-electron chi connectivity index (χ1n) is 9.45. The Bertz CT molecular complexity index is 1310. The van der Waals surface area contributed by atoms with E-state index in [0.29, 0.717) is 10.8 Å². The number of amides is 1. The van der Waals surface area contributed by atoms with E-state index in [-0.39, 0.29) is 40.7 Å². The Hall–Kier alpha value is -3.59. The molecule has 0 saturated carbocycles. The second-order valence-electron chi connectivity index (χ2n) is 6.85. The Balaban J connectivity index is 1.61. The molecule has 9 heteroatoms. The number of hydrogen-bond acceptors (Lipinski definition) is 6. The number of rotatable bonds is 6. The number of thioether (sulfide) groups is 1. The highest BCUT2D eigenvalue weighted by Gasteiger charge is 2.15. The van der Waals surface area contributed by atoms with Gasteiger partial charge in [-0.25, -0.2) is 19.3 Å². The average molecular weight is 435 g/mol. The lowest BCUT2D eigenvalue weighted by atomic mass is 10.2. The Morgan fingerprint density at radius 1 is 1.13 bits per heavy atom. The Morgan fingerprint density at radius 3 is 2.68 bits per heavy atom. The number of halogens is 1. The number of carbonyl (C=O) groups excluding carboxylic acids is 1. The first-order chi connectivity index (χ1) is 15.0. The second kappa shape index (κ2) is 9.05. The van der Waals surface area contributed by atoms with Crippen LogP contribution in [0.25, 0.3) is 11.2 Å². The van der Waals surface area contributed by atoms with Crippen LogP contribution >= 0.6 is 11.8 Å². The Labute approximate surface area is 181 Å². The molecular formula is C22H18FN5O2S. The molecular weight excluding hydrogens is 417 g/mol. The third-order valence-corrected chi connectivity index (χ3v) is 5.42. The molecule has 0 unspecified atom stereocenters. The number of fused-ring (bicyclic) bond motifs is 1. The van der Waals surface area contributed by atoms with Crippen molar-refractivity contribution >= 4 is 34.5 Å². The predicted molar refractivity (Wildman–Crippen MR) is 118 cm³/mol. The fraction of sp³-hybridized carbons (Fsp3) is 0.136. The van der Waals surface area contributed by atoms with E-state index in [1.165, 1.54) is 29.1 Å². The van der Waals surface area contributed by atoms with Crippen LogP contribution in [0.15, 0.2) is 70.9 Å². The number of carbonyl (C=O) groups is 1. The molecule has 31 heavy (non-hydrogen) atoms. The number of anilines is 1. The molecule has 4 rings (SSSR count). The minimum atomic E-state index is -0.371. The van der Waals surface area contributed by atoms with Gasteiger partial charge in [0.25, 0.3) is 5.56 Å². The van der Waals surface area contributed by atoms with E-state index in [9.17, 15) is 14.0 Å². The summed E-state index contributed by atoms with van der Waals surface area (Å²) in [6.07, 6.45) is 2.88. The van der Waals surface area contributed by atoms with E-state index >= 15 is 0 Å². The summed E-state index contributed by atoms with van der Waals surface area (Å²) in [7, 11) is 0. The van der Waals surface area contributed by atoms with Gasteiger partial charge >= 0.3 is 0 Å². The number of aromatic nitrogens is 4. The van der Waals surface area contributed by atoms with Gasteiger partial charge < -0.3 is 5.32 Å². The zero-order valence-electron chi connectivity index (χ0n) is 16.6. The van der Waals surface area contributed by atoms with Gasteiger partial charge in [0.1, 0.15) is 5.82 Å². The monoisotopic (exact) mass is 435 g/mol. The molecule has 0 aliphatic carbocycles. The molecule has 0 aliphatic rings. The van der Waals surface area contributed by atoms with Crippen molar-refractivity contribution in [1.29, 1.82) is 0 Å². The van der Waals surface area contributed by atoms with Gasteiger partial charge in [0.05, 0.1) is 12.3 Å². The summed E-state index contributed by atoms with van der Waals surface area (Å²) in [6, 6.07) is 13.3. The predicted octanol–water partition coefficient (Wildman–Crippen LogP) is 3.41. The molecule has 0 atom stereocenters. The first kappa shape index (κ1) is 20.7. The SMILES string of the molecule is Cc1cccc(NC(=O)CSc2nc3nccnc3c(=O)n2Cc2ccc(F)cc2)c1. The summed E-state index contributed by atoms with van der Waals surface area (Å²) in [5.74, 6) is -0.534. The van der Waals surface area contributed by atoms with Crippen molar-refractivity contribution in [3.05, 3.63) is 88.2 Å². The van der Waals surface area contributed by atoms with Crippen molar-refractivity contribution in [3.8, 4) is 0 Å². The van der Waals surface area contributed by atoms with Gasteiger partial charge in [-0.05, 0) is 42.3 Å². The molecule has 1 N–H and O–H groups in total. The summed E-state index contributed by atoms with van der Waals surface area (Å²) in [6.45, 7) is 2.11. The van der Waals surface area contributed by atoms with Crippen molar-refractivity contribution in [2.24, 2.45) is 0 Å². The number of aryl methyl sites for hydroxylation is 1. The van der Waals surface area contributed by atoms with Crippen molar-refractivity contribution in [3.63, 3.8) is 0 Å². The molecule has 0 spiro atoms. The van der Waals surface area contributed by atoms with Crippen molar-refractivity contribution < 1.29 is 9.18 Å². The van der Waals surface area contributed by atoms with Gasteiger partial charge in [-0.1, -0.05) is 36.0 Å². The van der Waals surface area contributed by atoms with Crippen LogP contribution in [-0.2, 0) is 11.3 Å². The van der Waals surface area contributed by atoms with Gasteiger partial charge in [-0.2, -0.15) is 0 Å². The van der Waals surface area contributed by atoms with Crippen LogP contribution in [0.1, 0.15) is 11.1 Å². The van der Waals surface area contributed by atoms with Crippen molar-refractivity contribution in [2.75, 3.05) is 11.1 Å². The summed E-state index contributed by atoms with van der Waals surface area (Å²) < 4.78 is 14.7. The topological polar surface area (TPSA) is 89.8 Å². The normalized spacial score (nSPS) is 10.9. The van der Waals surface area contributed by atoms with E-state index < -0.39 is 0 Å². The summed E-state index contributed by atoms with van der Waals surface area (Å²) in [5.41, 5.74) is 2.44. The van der Waals surface area contributed by atoms with Gasteiger partial charge in [0, 0.05) is 18.1 Å². The lowest BCUT2D eigenvalue weighted by molar-refractivity contribution is -0.113. The average Bonchev–Trinajstić information content (AvgIpc) is 2.76. The molecule has 4 aromatic rings. The van der Waals surface area contributed by atoms with E-state index in [0.717, 1.165) is 22.9 Å². The fourth-order valence-corrected chi connectivity index (χ4v) is 3.79. The highest BCUT2D eigenvalue weighted by molar-refractivity contribution is 7.99. The fourth-order valence-electron chi connectivity index (χ4n) is 3.00. The zero-order chi connectivity index (χ0) is 21.8. The van der Waals surface area contributed by atoms with Gasteiger partial charge in [0.2, 0.25) is 5.91 Å². The van der Waals surface area contributed by atoms with Crippen LogP contribution in [0.2, 0.25) is 0 Å². The Kier molecular flexibility index (Phi) is 6.03. The largest absolute Gasteiger partial charge is 0.325 e. The number of hydrogen-bond donors (Lipinski definition) is 1. The highest BCUT2D eigenvalue weighted by atomic mass is 32.2. The Morgan fingerprint density at radius 2 is 1.90 bits per heavy atom. The van der Waals surface area contributed by atoms with Gasteiger partial charge in [-0.15, -0.1) is 0 Å². The molecule has 2 aromatic heterocycles. The van der Waals surface area contributed by atoms with E-state index in [1.807, 2.05) is 31.2 Å². The molecule has 156 valence electrons. The number of nitrogens with one attached hydrogen (secondary N) is 1. The first-order valence-corrected chi connectivity index (χ1v) is 10.4. The summed E-state index contributed by atoms with van der Waals surface area (Å²) in [5, 5.41) is 3.17. The second-order valence-corrected chi connectivity index (χ2v) is 7.79. The quantitative estimate of drug-likeness (QED) is 0.369.